The lowest BCUT2D eigenvalue weighted by atomic mass is 10.1. The van der Waals surface area contributed by atoms with Crippen LogP contribution in [0.1, 0.15) is 21.5 Å². The van der Waals surface area contributed by atoms with E-state index in [9.17, 15) is 14.9 Å². The highest BCUT2D eigenvalue weighted by molar-refractivity contribution is 9.10. The minimum atomic E-state index is -0.558. The van der Waals surface area contributed by atoms with E-state index in [4.69, 9.17) is 5.26 Å². The molecule has 0 radical (unpaired) electrons. The molecule has 0 spiro atoms. The maximum atomic E-state index is 12.0. The molecule has 0 aliphatic rings. The lowest BCUT2D eigenvalue weighted by Crippen LogP contribution is -2.22. The second-order valence-corrected chi connectivity index (χ2v) is 5.27. The summed E-state index contributed by atoms with van der Waals surface area (Å²) in [6.45, 7) is 0.234. The molecule has 0 aromatic heterocycles. The lowest BCUT2D eigenvalue weighted by molar-refractivity contribution is -0.385. The zero-order chi connectivity index (χ0) is 16.1. The molecule has 2 rings (SSSR count). The predicted octanol–water partition coefficient (Wildman–Crippen LogP) is 3.16. The van der Waals surface area contributed by atoms with Gasteiger partial charge in [-0.25, -0.2) is 0 Å². The molecule has 0 fully saturated rings. The Labute approximate surface area is 134 Å². The second kappa shape index (κ2) is 6.83. The first-order valence-electron chi connectivity index (χ1n) is 6.22. The van der Waals surface area contributed by atoms with Crippen molar-refractivity contribution in [2.45, 2.75) is 6.54 Å². The van der Waals surface area contributed by atoms with Crippen molar-refractivity contribution in [3.8, 4) is 6.07 Å². The number of carbonyl (C=O) groups excluding carboxylic acids is 1. The van der Waals surface area contributed by atoms with Crippen LogP contribution in [0.2, 0.25) is 0 Å². The number of nitrogens with one attached hydrogen (secondary N) is 1. The van der Waals surface area contributed by atoms with E-state index in [2.05, 4.69) is 21.2 Å². The molecule has 2 aromatic carbocycles. The summed E-state index contributed by atoms with van der Waals surface area (Å²) in [6.07, 6.45) is 0. The summed E-state index contributed by atoms with van der Waals surface area (Å²) in [5.41, 5.74) is 1.32. The van der Waals surface area contributed by atoms with Crippen LogP contribution in [-0.2, 0) is 6.54 Å². The topological polar surface area (TPSA) is 96.0 Å². The van der Waals surface area contributed by atoms with Crippen LogP contribution < -0.4 is 5.32 Å². The van der Waals surface area contributed by atoms with Gasteiger partial charge in [0.25, 0.3) is 11.6 Å². The van der Waals surface area contributed by atoms with Crippen LogP contribution in [0.25, 0.3) is 0 Å². The van der Waals surface area contributed by atoms with Gasteiger partial charge in [0, 0.05) is 18.2 Å². The van der Waals surface area contributed by atoms with Gasteiger partial charge in [-0.15, -0.1) is 0 Å². The van der Waals surface area contributed by atoms with Crippen LogP contribution in [0, 0.1) is 21.4 Å². The van der Waals surface area contributed by atoms with Crippen molar-refractivity contribution < 1.29 is 9.72 Å². The number of benzene rings is 2. The number of nitro benzene ring substituents is 1. The van der Waals surface area contributed by atoms with Gasteiger partial charge in [0.1, 0.15) is 0 Å². The third kappa shape index (κ3) is 3.68. The fraction of sp³-hybridized carbons (Fsp3) is 0.0667. The molecule has 0 atom stereocenters. The molecule has 0 aliphatic carbocycles. The molecule has 0 heterocycles. The number of nitriles is 1. The number of rotatable bonds is 4. The van der Waals surface area contributed by atoms with Gasteiger partial charge in [0.2, 0.25) is 0 Å². The van der Waals surface area contributed by atoms with Crippen molar-refractivity contribution in [1.29, 1.82) is 5.26 Å². The molecule has 22 heavy (non-hydrogen) atoms. The Hall–Kier alpha value is -2.72. The van der Waals surface area contributed by atoms with E-state index in [0.717, 1.165) is 5.56 Å². The van der Waals surface area contributed by atoms with Gasteiger partial charge in [-0.05, 0) is 45.8 Å². The molecule has 7 heteroatoms. The summed E-state index contributed by atoms with van der Waals surface area (Å²) in [5, 5.41) is 22.3. The zero-order valence-corrected chi connectivity index (χ0v) is 12.8. The molecule has 0 aliphatic heterocycles. The van der Waals surface area contributed by atoms with Gasteiger partial charge in [-0.2, -0.15) is 5.26 Å². The molecule has 1 N–H and O–H groups in total. The zero-order valence-electron chi connectivity index (χ0n) is 11.2. The largest absolute Gasteiger partial charge is 0.348 e. The quantitative estimate of drug-likeness (QED) is 0.669. The minimum Gasteiger partial charge on any atom is -0.348 e. The Bertz CT molecular complexity index is 784. The molecular weight excluding hydrogens is 350 g/mol. The molecular formula is C15H10BrN3O3. The van der Waals surface area contributed by atoms with Crippen molar-refractivity contribution in [3.05, 3.63) is 73.7 Å². The van der Waals surface area contributed by atoms with Crippen molar-refractivity contribution in [3.63, 3.8) is 0 Å². The van der Waals surface area contributed by atoms with E-state index in [0.29, 0.717) is 10.0 Å². The molecule has 0 saturated heterocycles. The van der Waals surface area contributed by atoms with Gasteiger partial charge in [-0.3, -0.25) is 14.9 Å². The van der Waals surface area contributed by atoms with Gasteiger partial charge < -0.3 is 5.32 Å². The number of halogens is 1. The predicted molar refractivity (Wildman–Crippen MR) is 83.1 cm³/mol. The van der Waals surface area contributed by atoms with E-state index in [1.807, 2.05) is 6.07 Å². The summed E-state index contributed by atoms with van der Waals surface area (Å²) in [7, 11) is 0. The van der Waals surface area contributed by atoms with E-state index in [-0.39, 0.29) is 17.8 Å². The Morgan fingerprint density at radius 1 is 1.32 bits per heavy atom. The van der Waals surface area contributed by atoms with Crippen molar-refractivity contribution >= 4 is 27.5 Å². The van der Waals surface area contributed by atoms with Gasteiger partial charge in [0.05, 0.1) is 21.0 Å². The van der Waals surface area contributed by atoms with Crippen molar-refractivity contribution in [2.24, 2.45) is 0 Å². The SMILES string of the molecule is N#Cc1cccc(CNC(=O)c2ccc(Br)c([N+](=O)[O-])c2)c1. The number of nitro groups is 1. The standard InChI is InChI=1S/C15H10BrN3O3/c16-13-5-4-12(7-14(13)19(21)22)15(20)18-9-11-3-1-2-10(6-11)8-17/h1-7H,9H2,(H,18,20). The second-order valence-electron chi connectivity index (χ2n) is 4.42. The van der Waals surface area contributed by atoms with Gasteiger partial charge >= 0.3 is 0 Å². The van der Waals surface area contributed by atoms with Crippen LogP contribution in [0.15, 0.2) is 46.9 Å². The number of hydrogen-bond acceptors (Lipinski definition) is 4. The highest BCUT2D eigenvalue weighted by Crippen LogP contribution is 2.25. The maximum Gasteiger partial charge on any atom is 0.284 e. The average Bonchev–Trinajstić information content (AvgIpc) is 2.53. The maximum absolute atomic E-state index is 12.0. The Kier molecular flexibility index (Phi) is 4.86. The fourth-order valence-corrected chi connectivity index (χ4v) is 2.22. The number of hydrogen-bond donors (Lipinski definition) is 1. The minimum absolute atomic E-state index is 0.167. The number of carbonyl (C=O) groups is 1. The van der Waals surface area contributed by atoms with Crippen LogP contribution >= 0.6 is 15.9 Å². The van der Waals surface area contributed by atoms with E-state index in [1.54, 1.807) is 24.3 Å². The Balaban J connectivity index is 2.11. The van der Waals surface area contributed by atoms with Crippen LogP contribution in [0.5, 0.6) is 0 Å². The summed E-state index contributed by atoms with van der Waals surface area (Å²) < 4.78 is 0.316. The summed E-state index contributed by atoms with van der Waals surface area (Å²) >= 11 is 3.07. The van der Waals surface area contributed by atoms with E-state index in [1.165, 1.54) is 18.2 Å². The normalized spacial score (nSPS) is 9.82. The summed E-state index contributed by atoms with van der Waals surface area (Å²) in [5.74, 6) is -0.419. The average molecular weight is 360 g/mol. The molecule has 0 saturated carbocycles. The Morgan fingerprint density at radius 2 is 2.09 bits per heavy atom. The first kappa shape index (κ1) is 15.7. The van der Waals surface area contributed by atoms with Crippen LogP contribution in [0.4, 0.5) is 5.69 Å². The molecule has 0 bridgehead atoms. The summed E-state index contributed by atoms with van der Waals surface area (Å²) in [4.78, 5) is 22.3. The van der Waals surface area contributed by atoms with E-state index < -0.39 is 10.8 Å². The van der Waals surface area contributed by atoms with E-state index >= 15 is 0 Å². The third-order valence-electron chi connectivity index (χ3n) is 2.91. The van der Waals surface area contributed by atoms with Crippen molar-refractivity contribution in [2.75, 3.05) is 0 Å². The van der Waals surface area contributed by atoms with Crippen LogP contribution in [-0.4, -0.2) is 10.8 Å². The molecule has 0 unspecified atom stereocenters. The van der Waals surface area contributed by atoms with Crippen molar-refractivity contribution in [1.82, 2.24) is 5.32 Å². The molecule has 6 nitrogen and oxygen atoms in total. The van der Waals surface area contributed by atoms with Crippen LogP contribution in [0.3, 0.4) is 0 Å². The first-order chi connectivity index (χ1) is 10.5. The fourth-order valence-electron chi connectivity index (χ4n) is 1.83. The molecule has 2 aromatic rings. The smallest absolute Gasteiger partial charge is 0.284 e. The highest BCUT2D eigenvalue weighted by atomic mass is 79.9. The van der Waals surface area contributed by atoms with Gasteiger partial charge in [-0.1, -0.05) is 12.1 Å². The molecule has 1 amide bonds. The Morgan fingerprint density at radius 3 is 2.77 bits per heavy atom. The summed E-state index contributed by atoms with van der Waals surface area (Å²) in [6, 6.07) is 13.0. The monoisotopic (exact) mass is 359 g/mol. The number of nitrogens with zero attached hydrogens (tertiary/aromatic N) is 2. The number of amides is 1. The van der Waals surface area contributed by atoms with Gasteiger partial charge in [0.15, 0.2) is 0 Å². The lowest BCUT2D eigenvalue weighted by Gasteiger charge is -2.06. The molecule has 110 valence electrons. The first-order valence-corrected chi connectivity index (χ1v) is 7.01. The highest BCUT2D eigenvalue weighted by Gasteiger charge is 2.15. The third-order valence-corrected chi connectivity index (χ3v) is 3.58.